The van der Waals surface area contributed by atoms with Gasteiger partial charge in [0.15, 0.2) is 0 Å². The second-order valence-corrected chi connectivity index (χ2v) is 5.02. The summed E-state index contributed by atoms with van der Waals surface area (Å²) < 4.78 is 5.61. The number of nitrogens with one attached hydrogen (secondary N) is 1. The monoisotopic (exact) mass is 214 g/mol. The first-order valence-electron chi connectivity index (χ1n) is 5.47. The molecule has 0 saturated carbocycles. The van der Waals surface area contributed by atoms with Crippen LogP contribution in [0.2, 0.25) is 0 Å². The Morgan fingerprint density at radius 3 is 2.73 bits per heavy atom. The van der Waals surface area contributed by atoms with Crippen LogP contribution >= 0.6 is 0 Å². The smallest absolute Gasteiger partial charge is 0.248 e. The van der Waals surface area contributed by atoms with Crippen LogP contribution in [0, 0.1) is 0 Å². The Morgan fingerprint density at radius 1 is 1.53 bits per heavy atom. The SMILES string of the molecule is CN(C)C(=O)COC1CCNC(C)(C)C1. The molecule has 1 aliphatic heterocycles. The molecule has 4 heteroatoms. The predicted octanol–water partition coefficient (Wildman–Crippen LogP) is 0.622. The minimum atomic E-state index is 0.0336. The quantitative estimate of drug-likeness (QED) is 0.749. The Bertz CT molecular complexity index is 227. The lowest BCUT2D eigenvalue weighted by Gasteiger charge is -2.36. The highest BCUT2D eigenvalue weighted by atomic mass is 16.5. The van der Waals surface area contributed by atoms with Crippen LogP contribution in [0.5, 0.6) is 0 Å². The molecule has 0 aromatic heterocycles. The Labute approximate surface area is 92.0 Å². The molecular formula is C11H22N2O2. The lowest BCUT2D eigenvalue weighted by molar-refractivity contribution is -0.136. The van der Waals surface area contributed by atoms with E-state index in [1.807, 2.05) is 0 Å². The number of amides is 1. The number of carbonyl (C=O) groups is 1. The molecule has 0 aliphatic carbocycles. The van der Waals surface area contributed by atoms with Gasteiger partial charge in [0.25, 0.3) is 0 Å². The number of ether oxygens (including phenoxy) is 1. The molecule has 1 atom stereocenters. The molecule has 1 amide bonds. The standard InChI is InChI=1S/C11H22N2O2/c1-11(2)7-9(5-6-12-11)15-8-10(14)13(3)4/h9,12H,5-8H2,1-4H3. The molecule has 1 fully saturated rings. The number of likely N-dealkylation sites (N-methyl/N-ethyl adjacent to an activating group) is 1. The summed E-state index contributed by atoms with van der Waals surface area (Å²) in [6, 6.07) is 0. The van der Waals surface area contributed by atoms with E-state index in [0.717, 1.165) is 19.4 Å². The van der Waals surface area contributed by atoms with Crippen molar-refractivity contribution < 1.29 is 9.53 Å². The van der Waals surface area contributed by atoms with Crippen molar-refractivity contribution in [3.8, 4) is 0 Å². The molecule has 1 rings (SSSR count). The lowest BCUT2D eigenvalue weighted by atomic mass is 9.91. The Balaban J connectivity index is 2.30. The van der Waals surface area contributed by atoms with E-state index in [1.165, 1.54) is 0 Å². The van der Waals surface area contributed by atoms with Gasteiger partial charge in [-0.1, -0.05) is 0 Å². The number of carbonyl (C=O) groups excluding carboxylic acids is 1. The molecule has 1 unspecified atom stereocenters. The molecule has 0 bridgehead atoms. The number of rotatable bonds is 3. The van der Waals surface area contributed by atoms with Crippen molar-refractivity contribution in [2.45, 2.75) is 38.3 Å². The van der Waals surface area contributed by atoms with Crippen LogP contribution in [0.25, 0.3) is 0 Å². The zero-order chi connectivity index (χ0) is 11.5. The Hall–Kier alpha value is -0.610. The van der Waals surface area contributed by atoms with Crippen molar-refractivity contribution in [3.05, 3.63) is 0 Å². The third-order valence-electron chi connectivity index (χ3n) is 2.75. The minimum Gasteiger partial charge on any atom is -0.368 e. The minimum absolute atomic E-state index is 0.0336. The summed E-state index contributed by atoms with van der Waals surface area (Å²) in [5.41, 5.74) is 0.129. The Morgan fingerprint density at radius 2 is 2.20 bits per heavy atom. The average Bonchev–Trinajstić information content (AvgIpc) is 2.12. The van der Waals surface area contributed by atoms with E-state index in [-0.39, 0.29) is 24.2 Å². The molecule has 15 heavy (non-hydrogen) atoms. The molecule has 1 saturated heterocycles. The fourth-order valence-corrected chi connectivity index (χ4v) is 1.78. The van der Waals surface area contributed by atoms with Crippen molar-refractivity contribution in [3.63, 3.8) is 0 Å². The largest absolute Gasteiger partial charge is 0.368 e. The first-order chi connectivity index (χ1) is 6.91. The van der Waals surface area contributed by atoms with Crippen molar-refractivity contribution in [1.82, 2.24) is 10.2 Å². The number of piperidine rings is 1. The topological polar surface area (TPSA) is 41.6 Å². The van der Waals surface area contributed by atoms with Gasteiger partial charge in [0.05, 0.1) is 6.10 Å². The number of nitrogens with zero attached hydrogens (tertiary/aromatic N) is 1. The normalized spacial score (nSPS) is 24.9. The highest BCUT2D eigenvalue weighted by molar-refractivity contribution is 5.76. The fourth-order valence-electron chi connectivity index (χ4n) is 1.78. The maximum Gasteiger partial charge on any atom is 0.248 e. The summed E-state index contributed by atoms with van der Waals surface area (Å²) in [5.74, 6) is 0.0336. The maximum atomic E-state index is 11.3. The molecule has 4 nitrogen and oxygen atoms in total. The summed E-state index contributed by atoms with van der Waals surface area (Å²) in [5, 5.41) is 3.42. The second kappa shape index (κ2) is 4.94. The van der Waals surface area contributed by atoms with Gasteiger partial charge < -0.3 is 15.0 Å². The number of hydrogen-bond acceptors (Lipinski definition) is 3. The zero-order valence-electron chi connectivity index (χ0n) is 10.2. The summed E-state index contributed by atoms with van der Waals surface area (Å²) >= 11 is 0. The van der Waals surface area contributed by atoms with E-state index in [9.17, 15) is 4.79 Å². The van der Waals surface area contributed by atoms with Gasteiger partial charge in [-0.3, -0.25) is 4.79 Å². The van der Waals surface area contributed by atoms with E-state index < -0.39 is 0 Å². The van der Waals surface area contributed by atoms with Gasteiger partial charge in [0, 0.05) is 19.6 Å². The van der Waals surface area contributed by atoms with Crippen LogP contribution < -0.4 is 5.32 Å². The molecule has 0 aromatic carbocycles. The van der Waals surface area contributed by atoms with Gasteiger partial charge in [0.1, 0.15) is 6.61 Å². The van der Waals surface area contributed by atoms with E-state index >= 15 is 0 Å². The summed E-state index contributed by atoms with van der Waals surface area (Å²) in [6.07, 6.45) is 2.17. The lowest BCUT2D eigenvalue weighted by Crippen LogP contribution is -2.49. The van der Waals surface area contributed by atoms with Gasteiger partial charge in [-0.05, 0) is 33.2 Å². The van der Waals surface area contributed by atoms with Crippen LogP contribution in [0.15, 0.2) is 0 Å². The first-order valence-corrected chi connectivity index (χ1v) is 5.47. The maximum absolute atomic E-state index is 11.3. The van der Waals surface area contributed by atoms with Crippen molar-refractivity contribution in [2.24, 2.45) is 0 Å². The molecule has 1 heterocycles. The highest BCUT2D eigenvalue weighted by Gasteiger charge is 2.28. The van der Waals surface area contributed by atoms with E-state index in [0.29, 0.717) is 0 Å². The van der Waals surface area contributed by atoms with Gasteiger partial charge in [-0.2, -0.15) is 0 Å². The van der Waals surface area contributed by atoms with Gasteiger partial charge in [-0.25, -0.2) is 0 Å². The van der Waals surface area contributed by atoms with Crippen LogP contribution in [0.4, 0.5) is 0 Å². The molecule has 1 aliphatic rings. The van der Waals surface area contributed by atoms with Crippen LogP contribution in [-0.2, 0) is 9.53 Å². The summed E-state index contributed by atoms with van der Waals surface area (Å²) in [4.78, 5) is 12.9. The summed E-state index contributed by atoms with van der Waals surface area (Å²) in [6.45, 7) is 5.49. The Kier molecular flexibility index (Phi) is 4.11. The van der Waals surface area contributed by atoms with Crippen LogP contribution in [-0.4, -0.2) is 49.7 Å². The second-order valence-electron chi connectivity index (χ2n) is 5.02. The molecule has 1 N–H and O–H groups in total. The zero-order valence-corrected chi connectivity index (χ0v) is 10.2. The van der Waals surface area contributed by atoms with Gasteiger partial charge in [0.2, 0.25) is 5.91 Å². The average molecular weight is 214 g/mol. The van der Waals surface area contributed by atoms with Crippen molar-refractivity contribution in [2.75, 3.05) is 27.2 Å². The molecule has 0 spiro atoms. The van der Waals surface area contributed by atoms with E-state index in [2.05, 4.69) is 19.2 Å². The van der Waals surface area contributed by atoms with Gasteiger partial charge >= 0.3 is 0 Å². The third kappa shape index (κ3) is 4.18. The molecule has 0 aromatic rings. The molecule has 88 valence electrons. The predicted molar refractivity (Wildman–Crippen MR) is 59.7 cm³/mol. The fraction of sp³-hybridized carbons (Fsp3) is 0.909. The molecular weight excluding hydrogens is 192 g/mol. The van der Waals surface area contributed by atoms with E-state index in [1.54, 1.807) is 19.0 Å². The van der Waals surface area contributed by atoms with Crippen LogP contribution in [0.1, 0.15) is 26.7 Å². The highest BCUT2D eigenvalue weighted by Crippen LogP contribution is 2.20. The number of hydrogen-bond donors (Lipinski definition) is 1. The van der Waals surface area contributed by atoms with E-state index in [4.69, 9.17) is 4.74 Å². The van der Waals surface area contributed by atoms with Crippen LogP contribution in [0.3, 0.4) is 0 Å². The third-order valence-corrected chi connectivity index (χ3v) is 2.75. The van der Waals surface area contributed by atoms with Gasteiger partial charge in [-0.15, -0.1) is 0 Å². The summed E-state index contributed by atoms with van der Waals surface area (Å²) in [7, 11) is 3.50. The van der Waals surface area contributed by atoms with Crippen molar-refractivity contribution in [1.29, 1.82) is 0 Å². The first kappa shape index (κ1) is 12.5. The van der Waals surface area contributed by atoms with Crippen molar-refractivity contribution >= 4 is 5.91 Å². The molecule has 0 radical (unpaired) electrons.